The minimum Gasteiger partial charge on any atom is -0.351 e. The molecule has 14 heteroatoms. The Morgan fingerprint density at radius 3 is 2.23 bits per heavy atom. The molecule has 0 radical (unpaired) electrons. The fraction of sp³-hybridized carbons (Fsp3) is 0.242. The Bertz CT molecular complexity index is 2040. The van der Waals surface area contributed by atoms with Crippen LogP contribution in [0.1, 0.15) is 23.2 Å². The number of nitrogens with two attached hydrogens (primary N) is 1. The number of nitrogens with zero attached hydrogens (tertiary/aromatic N) is 5. The number of nitrogens with one attached hydrogen (secondary N) is 1. The molecule has 0 unspecified atom stereocenters. The van der Waals surface area contributed by atoms with Crippen molar-refractivity contribution in [1.29, 1.82) is 0 Å². The maximum absolute atomic E-state index is 14.9. The second-order valence-electron chi connectivity index (χ2n) is 11.2. The number of halogens is 2. The molecule has 3 heterocycles. The average molecular weight is 662 g/mol. The van der Waals surface area contributed by atoms with E-state index in [1.807, 2.05) is 30.1 Å². The SMILES string of the molecule is CN(Cc1ccccn1)Cc1c(-c2ccc(NC(N)=O)cc2)sc2c1c(=O)n(CCC(=O)N(C)C)c(=O)n2Cc1c(F)cccc1F. The number of primary amides is 1. The summed E-state index contributed by atoms with van der Waals surface area (Å²) >= 11 is 1.14. The summed E-state index contributed by atoms with van der Waals surface area (Å²) in [5.74, 6) is -1.97. The van der Waals surface area contributed by atoms with Gasteiger partial charge < -0.3 is 16.0 Å². The van der Waals surface area contributed by atoms with Crippen molar-refractivity contribution in [2.45, 2.75) is 32.6 Å². The lowest BCUT2D eigenvalue weighted by atomic mass is 10.1. The van der Waals surface area contributed by atoms with E-state index in [1.165, 1.54) is 15.5 Å². The molecule has 0 saturated carbocycles. The summed E-state index contributed by atoms with van der Waals surface area (Å²) in [5.41, 5.74) is 6.03. The van der Waals surface area contributed by atoms with Crippen LogP contribution in [0.5, 0.6) is 0 Å². The highest BCUT2D eigenvalue weighted by atomic mass is 32.1. The summed E-state index contributed by atoms with van der Waals surface area (Å²) in [6.45, 7) is -0.0390. The first-order valence-corrected chi connectivity index (χ1v) is 15.4. The van der Waals surface area contributed by atoms with Gasteiger partial charge in [-0.25, -0.2) is 18.4 Å². The largest absolute Gasteiger partial charge is 0.351 e. The van der Waals surface area contributed by atoms with Crippen LogP contribution >= 0.6 is 11.3 Å². The van der Waals surface area contributed by atoms with Gasteiger partial charge >= 0.3 is 11.7 Å². The standard InChI is InChI=1S/C33H33F2N7O4S/c1-39(2)27(43)14-16-41-30(44)28-24(18-40(3)17-22-7-4-5-15-37-22)29(20-10-12-21(13-11-20)38-32(36)45)47-31(28)42(33(41)46)19-23-25(34)8-6-9-26(23)35/h4-13,15H,14,16-19H2,1-3H3,(H3,36,38,45). The fourth-order valence-electron chi connectivity index (χ4n) is 5.25. The van der Waals surface area contributed by atoms with Gasteiger partial charge in [0.25, 0.3) is 5.56 Å². The minimum atomic E-state index is -0.838. The van der Waals surface area contributed by atoms with Gasteiger partial charge in [0, 0.05) is 62.5 Å². The Kier molecular flexibility index (Phi) is 9.92. The van der Waals surface area contributed by atoms with Gasteiger partial charge in [-0.2, -0.15) is 0 Å². The van der Waals surface area contributed by atoms with Crippen LogP contribution < -0.4 is 22.3 Å². The topological polar surface area (TPSA) is 136 Å². The predicted molar refractivity (Wildman–Crippen MR) is 177 cm³/mol. The molecule has 0 aliphatic carbocycles. The molecule has 0 saturated heterocycles. The van der Waals surface area contributed by atoms with Crippen LogP contribution in [-0.2, 0) is 31.0 Å². The van der Waals surface area contributed by atoms with Crippen molar-refractivity contribution in [3.05, 3.63) is 116 Å². The van der Waals surface area contributed by atoms with Gasteiger partial charge in [0.05, 0.1) is 17.6 Å². The van der Waals surface area contributed by atoms with E-state index in [-0.39, 0.29) is 41.2 Å². The summed E-state index contributed by atoms with van der Waals surface area (Å²) in [6.07, 6.45) is 1.55. The maximum Gasteiger partial charge on any atom is 0.332 e. The highest BCUT2D eigenvalue weighted by Crippen LogP contribution is 2.38. The second kappa shape index (κ2) is 14.1. The first-order chi connectivity index (χ1) is 22.4. The number of carbonyl (C=O) groups is 2. The molecular formula is C33H33F2N7O4S. The van der Waals surface area contributed by atoms with Crippen LogP contribution in [0.2, 0.25) is 0 Å². The van der Waals surface area contributed by atoms with E-state index in [9.17, 15) is 28.0 Å². The van der Waals surface area contributed by atoms with Crippen molar-refractivity contribution in [3.63, 3.8) is 0 Å². The molecule has 0 atom stereocenters. The number of benzene rings is 2. The van der Waals surface area contributed by atoms with E-state index >= 15 is 0 Å². The van der Waals surface area contributed by atoms with Gasteiger partial charge in [0.1, 0.15) is 16.5 Å². The highest BCUT2D eigenvalue weighted by molar-refractivity contribution is 7.22. The monoisotopic (exact) mass is 661 g/mol. The number of amides is 3. The van der Waals surface area contributed by atoms with Gasteiger partial charge in [-0.1, -0.05) is 24.3 Å². The zero-order valence-corrected chi connectivity index (χ0v) is 26.8. The molecule has 0 bridgehead atoms. The minimum absolute atomic E-state index is 0.137. The number of aromatic nitrogens is 3. The summed E-state index contributed by atoms with van der Waals surface area (Å²) in [6, 6.07) is 15.1. The van der Waals surface area contributed by atoms with Gasteiger partial charge in [-0.3, -0.25) is 28.6 Å². The Labute approximate surface area is 272 Å². The van der Waals surface area contributed by atoms with Crippen LogP contribution in [0, 0.1) is 11.6 Å². The first kappa shape index (κ1) is 33.2. The van der Waals surface area contributed by atoms with Crippen molar-refractivity contribution in [2.75, 3.05) is 26.5 Å². The summed E-state index contributed by atoms with van der Waals surface area (Å²) in [4.78, 5) is 60.7. The van der Waals surface area contributed by atoms with E-state index in [2.05, 4.69) is 10.3 Å². The molecule has 0 spiro atoms. The van der Waals surface area contributed by atoms with Gasteiger partial charge in [-0.05, 0) is 54.6 Å². The number of pyridine rings is 1. The number of thiophene rings is 1. The molecule has 47 heavy (non-hydrogen) atoms. The molecule has 0 aliphatic heterocycles. The zero-order valence-electron chi connectivity index (χ0n) is 26.0. The molecule has 3 aromatic heterocycles. The Balaban J connectivity index is 1.75. The Morgan fingerprint density at radius 2 is 1.62 bits per heavy atom. The third-order valence-corrected chi connectivity index (χ3v) is 8.89. The van der Waals surface area contributed by atoms with Crippen molar-refractivity contribution in [3.8, 4) is 10.4 Å². The maximum atomic E-state index is 14.9. The lowest BCUT2D eigenvalue weighted by Crippen LogP contribution is -2.41. The summed E-state index contributed by atoms with van der Waals surface area (Å²) in [7, 11) is 5.00. The highest BCUT2D eigenvalue weighted by Gasteiger charge is 2.25. The Hall–Kier alpha value is -5.21. The number of rotatable bonds is 11. The molecular weight excluding hydrogens is 628 g/mol. The van der Waals surface area contributed by atoms with Crippen molar-refractivity contribution in [2.24, 2.45) is 5.73 Å². The molecule has 2 aromatic carbocycles. The van der Waals surface area contributed by atoms with E-state index < -0.39 is 35.5 Å². The van der Waals surface area contributed by atoms with E-state index in [1.54, 1.807) is 44.6 Å². The Morgan fingerprint density at radius 1 is 0.915 bits per heavy atom. The number of urea groups is 1. The van der Waals surface area contributed by atoms with Crippen molar-refractivity contribution < 1.29 is 18.4 Å². The van der Waals surface area contributed by atoms with Crippen LogP contribution in [0.4, 0.5) is 19.3 Å². The van der Waals surface area contributed by atoms with E-state index in [4.69, 9.17) is 5.73 Å². The summed E-state index contributed by atoms with van der Waals surface area (Å²) < 4.78 is 32.0. The lowest BCUT2D eigenvalue weighted by molar-refractivity contribution is -0.128. The van der Waals surface area contributed by atoms with Crippen molar-refractivity contribution >= 4 is 39.2 Å². The third-order valence-electron chi connectivity index (χ3n) is 7.58. The quantitative estimate of drug-likeness (QED) is 0.218. The third kappa shape index (κ3) is 7.28. The van der Waals surface area contributed by atoms with Gasteiger partial charge in [-0.15, -0.1) is 11.3 Å². The normalized spacial score (nSPS) is 11.3. The molecule has 5 rings (SSSR count). The number of hydrogen-bond acceptors (Lipinski definition) is 7. The molecule has 244 valence electrons. The number of fused-ring (bicyclic) bond motifs is 1. The van der Waals surface area contributed by atoms with Crippen LogP contribution in [0.3, 0.4) is 0 Å². The molecule has 0 fully saturated rings. The smallest absolute Gasteiger partial charge is 0.332 e. The zero-order chi connectivity index (χ0) is 33.8. The van der Waals surface area contributed by atoms with E-state index in [0.717, 1.165) is 33.7 Å². The second-order valence-corrected chi connectivity index (χ2v) is 12.2. The van der Waals surface area contributed by atoms with Crippen LogP contribution in [0.25, 0.3) is 20.7 Å². The summed E-state index contributed by atoms with van der Waals surface area (Å²) in [5, 5.41) is 2.71. The molecule has 11 nitrogen and oxygen atoms in total. The van der Waals surface area contributed by atoms with Crippen LogP contribution in [0.15, 0.2) is 76.4 Å². The molecule has 3 N–H and O–H groups in total. The number of anilines is 1. The lowest BCUT2D eigenvalue weighted by Gasteiger charge is -2.18. The van der Waals surface area contributed by atoms with Crippen molar-refractivity contribution in [1.82, 2.24) is 23.9 Å². The molecule has 3 amide bonds. The predicted octanol–water partition coefficient (Wildman–Crippen LogP) is 4.21. The average Bonchev–Trinajstić information content (AvgIpc) is 3.39. The van der Waals surface area contributed by atoms with Gasteiger partial charge in [0.2, 0.25) is 5.91 Å². The molecule has 0 aliphatic rings. The fourth-order valence-corrected chi connectivity index (χ4v) is 6.55. The van der Waals surface area contributed by atoms with Gasteiger partial charge in [0.15, 0.2) is 0 Å². The number of carbonyl (C=O) groups excluding carboxylic acids is 2. The number of hydrogen-bond donors (Lipinski definition) is 2. The molecule has 5 aromatic rings. The van der Waals surface area contributed by atoms with E-state index in [0.29, 0.717) is 28.2 Å². The first-order valence-electron chi connectivity index (χ1n) is 14.6. The van der Waals surface area contributed by atoms with Crippen LogP contribution in [-0.4, -0.2) is 57.0 Å².